The molecule has 1 aromatic heterocycles. The van der Waals surface area contributed by atoms with E-state index in [2.05, 4.69) is 26.2 Å². The first-order valence-corrected chi connectivity index (χ1v) is 6.85. The molecule has 0 bridgehead atoms. The number of rotatable bonds is 4. The number of carbonyl (C=O) groups is 1. The molecule has 1 aromatic carbocycles. The van der Waals surface area contributed by atoms with Gasteiger partial charge in [0.2, 0.25) is 5.91 Å². The minimum absolute atomic E-state index is 0.0135. The maximum Gasteiger partial charge on any atom is 0.224 e. The van der Waals surface area contributed by atoms with Crippen molar-refractivity contribution in [3.05, 3.63) is 63.9 Å². The van der Waals surface area contributed by atoms with Crippen molar-refractivity contribution in [1.82, 2.24) is 10.3 Å². The Balaban J connectivity index is 1.92. The van der Waals surface area contributed by atoms with Crippen LogP contribution < -0.4 is 5.32 Å². The third kappa shape index (κ3) is 3.89. The molecule has 1 N–H and O–H groups in total. The van der Waals surface area contributed by atoms with Crippen LogP contribution in [0.4, 0.5) is 0 Å². The van der Waals surface area contributed by atoms with E-state index in [0.29, 0.717) is 13.0 Å². The maximum absolute atomic E-state index is 11.8. The number of nitrogens with one attached hydrogen (secondary N) is 1. The molecule has 0 aliphatic carbocycles. The molecule has 0 fully saturated rings. The summed E-state index contributed by atoms with van der Waals surface area (Å²) in [5.74, 6) is 0.0135. The topological polar surface area (TPSA) is 42.0 Å². The van der Waals surface area contributed by atoms with E-state index >= 15 is 0 Å². The molecule has 0 aliphatic heterocycles. The van der Waals surface area contributed by atoms with Gasteiger partial charge in [-0.15, -0.1) is 0 Å². The Labute approximate surface area is 121 Å². The zero-order valence-electron chi connectivity index (χ0n) is 10.7. The molecule has 1 amide bonds. The van der Waals surface area contributed by atoms with Gasteiger partial charge in [-0.25, -0.2) is 0 Å². The van der Waals surface area contributed by atoms with Gasteiger partial charge >= 0.3 is 0 Å². The Morgan fingerprint density at radius 2 is 2.00 bits per heavy atom. The van der Waals surface area contributed by atoms with Gasteiger partial charge < -0.3 is 5.32 Å². The van der Waals surface area contributed by atoms with E-state index in [1.54, 1.807) is 12.4 Å². The molecular formula is C15H15BrN2O. The third-order valence-corrected chi connectivity index (χ3v) is 4.00. The SMILES string of the molecule is Cc1cccc(CNC(=O)Cc2ccncc2)c1Br. The first-order chi connectivity index (χ1) is 9.16. The van der Waals surface area contributed by atoms with Gasteiger partial charge in [0, 0.05) is 23.4 Å². The van der Waals surface area contributed by atoms with Crippen molar-refractivity contribution in [2.75, 3.05) is 0 Å². The average Bonchev–Trinajstić information content (AvgIpc) is 2.42. The second-order valence-electron chi connectivity index (χ2n) is 4.36. The molecule has 2 aromatic rings. The summed E-state index contributed by atoms with van der Waals surface area (Å²) in [6.07, 6.45) is 3.77. The number of amides is 1. The molecule has 0 atom stereocenters. The standard InChI is InChI=1S/C15H15BrN2O/c1-11-3-2-4-13(15(11)16)10-18-14(19)9-12-5-7-17-8-6-12/h2-8H,9-10H2,1H3,(H,18,19). The van der Waals surface area contributed by atoms with Crippen molar-refractivity contribution < 1.29 is 4.79 Å². The normalized spacial score (nSPS) is 10.2. The van der Waals surface area contributed by atoms with E-state index in [4.69, 9.17) is 0 Å². The molecule has 0 spiro atoms. The number of aromatic nitrogens is 1. The van der Waals surface area contributed by atoms with Crippen LogP contribution in [-0.2, 0) is 17.8 Å². The second-order valence-corrected chi connectivity index (χ2v) is 5.15. The van der Waals surface area contributed by atoms with Gasteiger partial charge in [-0.2, -0.15) is 0 Å². The first kappa shape index (κ1) is 13.7. The average molecular weight is 319 g/mol. The monoisotopic (exact) mass is 318 g/mol. The number of halogens is 1. The molecule has 98 valence electrons. The van der Waals surface area contributed by atoms with Gasteiger partial charge in [-0.1, -0.05) is 34.1 Å². The zero-order valence-corrected chi connectivity index (χ0v) is 12.3. The summed E-state index contributed by atoms with van der Waals surface area (Å²) in [7, 11) is 0. The number of nitrogens with zero attached hydrogens (tertiary/aromatic N) is 1. The number of hydrogen-bond donors (Lipinski definition) is 1. The molecular weight excluding hydrogens is 304 g/mol. The fourth-order valence-corrected chi connectivity index (χ4v) is 2.19. The Bertz CT molecular complexity index is 570. The predicted molar refractivity (Wildman–Crippen MR) is 78.7 cm³/mol. The lowest BCUT2D eigenvalue weighted by atomic mass is 10.1. The lowest BCUT2D eigenvalue weighted by Gasteiger charge is -2.09. The van der Waals surface area contributed by atoms with Crippen LogP contribution in [0.3, 0.4) is 0 Å². The van der Waals surface area contributed by atoms with Gasteiger partial charge in [0.1, 0.15) is 0 Å². The van der Waals surface area contributed by atoms with E-state index in [0.717, 1.165) is 15.6 Å². The summed E-state index contributed by atoms with van der Waals surface area (Å²) in [6, 6.07) is 9.73. The quantitative estimate of drug-likeness (QED) is 0.941. The molecule has 3 nitrogen and oxygen atoms in total. The van der Waals surface area contributed by atoms with E-state index < -0.39 is 0 Å². The van der Waals surface area contributed by atoms with Gasteiger partial charge in [0.05, 0.1) is 6.42 Å². The summed E-state index contributed by atoms with van der Waals surface area (Å²) in [5.41, 5.74) is 3.22. The number of hydrogen-bond acceptors (Lipinski definition) is 2. The lowest BCUT2D eigenvalue weighted by molar-refractivity contribution is -0.120. The molecule has 0 saturated carbocycles. The Morgan fingerprint density at radius 1 is 1.26 bits per heavy atom. The van der Waals surface area contributed by atoms with E-state index in [9.17, 15) is 4.79 Å². The zero-order chi connectivity index (χ0) is 13.7. The van der Waals surface area contributed by atoms with E-state index in [-0.39, 0.29) is 5.91 Å². The van der Waals surface area contributed by atoms with Crippen LogP contribution >= 0.6 is 15.9 Å². The van der Waals surface area contributed by atoms with Gasteiger partial charge in [-0.05, 0) is 35.7 Å². The summed E-state index contributed by atoms with van der Waals surface area (Å²) in [5, 5.41) is 2.93. The van der Waals surface area contributed by atoms with Crippen molar-refractivity contribution in [2.45, 2.75) is 19.9 Å². The largest absolute Gasteiger partial charge is 0.352 e. The van der Waals surface area contributed by atoms with E-state index in [1.165, 1.54) is 5.56 Å². The van der Waals surface area contributed by atoms with Crippen LogP contribution in [0.5, 0.6) is 0 Å². The minimum Gasteiger partial charge on any atom is -0.352 e. The lowest BCUT2D eigenvalue weighted by Crippen LogP contribution is -2.24. The van der Waals surface area contributed by atoms with Crippen molar-refractivity contribution in [1.29, 1.82) is 0 Å². The van der Waals surface area contributed by atoms with Gasteiger partial charge in [-0.3, -0.25) is 9.78 Å². The number of pyridine rings is 1. The maximum atomic E-state index is 11.8. The van der Waals surface area contributed by atoms with Gasteiger partial charge in [0.25, 0.3) is 0 Å². The molecule has 4 heteroatoms. The Morgan fingerprint density at radius 3 is 2.74 bits per heavy atom. The number of aryl methyl sites for hydroxylation is 1. The highest BCUT2D eigenvalue weighted by atomic mass is 79.9. The van der Waals surface area contributed by atoms with E-state index in [1.807, 2.05) is 37.3 Å². The van der Waals surface area contributed by atoms with Crippen LogP contribution in [-0.4, -0.2) is 10.9 Å². The second kappa shape index (κ2) is 6.48. The highest BCUT2D eigenvalue weighted by Crippen LogP contribution is 2.20. The molecule has 0 aliphatic rings. The first-order valence-electron chi connectivity index (χ1n) is 6.06. The van der Waals surface area contributed by atoms with Crippen molar-refractivity contribution >= 4 is 21.8 Å². The highest BCUT2D eigenvalue weighted by Gasteiger charge is 2.06. The van der Waals surface area contributed by atoms with Crippen molar-refractivity contribution in [3.8, 4) is 0 Å². The van der Waals surface area contributed by atoms with Crippen LogP contribution in [0.2, 0.25) is 0 Å². The van der Waals surface area contributed by atoms with Crippen molar-refractivity contribution in [2.24, 2.45) is 0 Å². The minimum atomic E-state index is 0.0135. The molecule has 2 rings (SSSR count). The fourth-order valence-electron chi connectivity index (χ4n) is 1.79. The Hall–Kier alpha value is -1.68. The Kier molecular flexibility index (Phi) is 4.68. The predicted octanol–water partition coefficient (Wildman–Crippen LogP) is 3.01. The summed E-state index contributed by atoms with van der Waals surface area (Å²) in [6.45, 7) is 2.57. The summed E-state index contributed by atoms with van der Waals surface area (Å²) < 4.78 is 1.05. The molecule has 0 saturated heterocycles. The smallest absolute Gasteiger partial charge is 0.224 e. The molecule has 19 heavy (non-hydrogen) atoms. The number of benzene rings is 1. The van der Waals surface area contributed by atoms with Crippen LogP contribution in [0.25, 0.3) is 0 Å². The van der Waals surface area contributed by atoms with Crippen LogP contribution in [0, 0.1) is 6.92 Å². The molecule has 1 heterocycles. The van der Waals surface area contributed by atoms with Crippen LogP contribution in [0.1, 0.15) is 16.7 Å². The third-order valence-electron chi connectivity index (χ3n) is 2.86. The summed E-state index contributed by atoms with van der Waals surface area (Å²) >= 11 is 3.54. The fraction of sp³-hybridized carbons (Fsp3) is 0.200. The number of carbonyl (C=O) groups excluding carboxylic acids is 1. The highest BCUT2D eigenvalue weighted by molar-refractivity contribution is 9.10. The molecule has 0 radical (unpaired) electrons. The molecule has 0 unspecified atom stereocenters. The van der Waals surface area contributed by atoms with Crippen LogP contribution in [0.15, 0.2) is 47.2 Å². The summed E-state index contributed by atoms with van der Waals surface area (Å²) in [4.78, 5) is 15.8. The van der Waals surface area contributed by atoms with Crippen molar-refractivity contribution in [3.63, 3.8) is 0 Å². The van der Waals surface area contributed by atoms with Gasteiger partial charge in [0.15, 0.2) is 0 Å².